The molecule has 2 aliphatic rings. The summed E-state index contributed by atoms with van der Waals surface area (Å²) in [6.07, 6.45) is -2.03. The average Bonchev–Trinajstić information content (AvgIpc) is 3.14. The fourth-order valence-electron chi connectivity index (χ4n) is 3.67. The van der Waals surface area contributed by atoms with Crippen LogP contribution in [0.15, 0.2) is 27.9 Å². The first-order valence-corrected chi connectivity index (χ1v) is 9.01. The largest absolute Gasteiger partial charge is 0.447 e. The Morgan fingerprint density at radius 3 is 2.82 bits per heavy atom. The minimum Gasteiger partial charge on any atom is -0.447 e. The SMILES string of the molecule is CC1COCCN1c1cc(=O)n2c(n1)N(Cc1cnco1)CCC2C(F)(F)F. The molecule has 152 valence electrons. The molecule has 28 heavy (non-hydrogen) atoms. The number of aromatic nitrogens is 3. The van der Waals surface area contributed by atoms with Crippen molar-refractivity contribution >= 4 is 11.8 Å². The van der Waals surface area contributed by atoms with Crippen LogP contribution in [0.1, 0.15) is 25.1 Å². The molecule has 1 fully saturated rings. The second-order valence-electron chi connectivity index (χ2n) is 6.98. The smallest absolute Gasteiger partial charge is 0.409 e. The second kappa shape index (κ2) is 7.12. The molecule has 4 rings (SSSR count). The van der Waals surface area contributed by atoms with Gasteiger partial charge in [-0.05, 0) is 13.3 Å². The number of halogens is 3. The number of hydrogen-bond acceptors (Lipinski definition) is 7. The minimum absolute atomic E-state index is 0.00818. The minimum atomic E-state index is -4.54. The normalized spacial score (nSPS) is 23.0. The number of fused-ring (bicyclic) bond motifs is 1. The van der Waals surface area contributed by atoms with Crippen LogP contribution in [0.4, 0.5) is 24.9 Å². The summed E-state index contributed by atoms with van der Waals surface area (Å²) in [4.78, 5) is 24.6. The van der Waals surface area contributed by atoms with Gasteiger partial charge >= 0.3 is 6.18 Å². The predicted molar refractivity (Wildman–Crippen MR) is 93.4 cm³/mol. The van der Waals surface area contributed by atoms with Crippen molar-refractivity contribution in [2.24, 2.45) is 0 Å². The van der Waals surface area contributed by atoms with E-state index in [0.29, 0.717) is 31.3 Å². The lowest BCUT2D eigenvalue weighted by Crippen LogP contribution is -2.48. The van der Waals surface area contributed by atoms with Gasteiger partial charge in [0.1, 0.15) is 17.6 Å². The van der Waals surface area contributed by atoms with Crippen LogP contribution in [0.2, 0.25) is 0 Å². The highest BCUT2D eigenvalue weighted by molar-refractivity contribution is 5.47. The summed E-state index contributed by atoms with van der Waals surface area (Å²) in [5.41, 5.74) is -0.719. The maximum absolute atomic E-state index is 13.6. The van der Waals surface area contributed by atoms with Crippen molar-refractivity contribution in [2.45, 2.75) is 38.1 Å². The first-order chi connectivity index (χ1) is 13.3. The first-order valence-electron chi connectivity index (χ1n) is 9.01. The van der Waals surface area contributed by atoms with Gasteiger partial charge in [0.15, 0.2) is 6.39 Å². The Bertz CT molecular complexity index is 883. The van der Waals surface area contributed by atoms with Gasteiger partial charge < -0.3 is 19.0 Å². The molecule has 8 nitrogen and oxygen atoms in total. The van der Waals surface area contributed by atoms with Crippen molar-refractivity contribution in [3.63, 3.8) is 0 Å². The van der Waals surface area contributed by atoms with Gasteiger partial charge in [-0.3, -0.25) is 9.36 Å². The Hall–Kier alpha value is -2.56. The van der Waals surface area contributed by atoms with Crippen LogP contribution in [-0.2, 0) is 11.3 Å². The van der Waals surface area contributed by atoms with Crippen molar-refractivity contribution in [1.29, 1.82) is 0 Å². The molecule has 0 radical (unpaired) electrons. The standard InChI is InChI=1S/C17H20F3N5O3/c1-11-9-27-5-4-24(11)14-6-15(26)25-13(17(18,19)20)2-3-23(16(25)22-14)8-12-7-21-10-28-12/h6-7,10-11,13H,2-5,8-9H2,1H3. The zero-order valence-corrected chi connectivity index (χ0v) is 15.2. The lowest BCUT2D eigenvalue weighted by molar-refractivity contribution is -0.171. The van der Waals surface area contributed by atoms with Gasteiger partial charge in [0.2, 0.25) is 5.95 Å². The van der Waals surface area contributed by atoms with Crippen molar-refractivity contribution in [1.82, 2.24) is 14.5 Å². The lowest BCUT2D eigenvalue weighted by Gasteiger charge is -2.38. The van der Waals surface area contributed by atoms with Gasteiger partial charge in [-0.15, -0.1) is 0 Å². The molecule has 0 amide bonds. The zero-order valence-electron chi connectivity index (χ0n) is 15.2. The van der Waals surface area contributed by atoms with E-state index in [0.717, 1.165) is 4.57 Å². The van der Waals surface area contributed by atoms with E-state index in [1.165, 1.54) is 18.7 Å². The van der Waals surface area contributed by atoms with Crippen LogP contribution in [-0.4, -0.2) is 53.1 Å². The molecule has 2 aromatic rings. The molecule has 0 saturated carbocycles. The van der Waals surface area contributed by atoms with E-state index in [4.69, 9.17) is 9.15 Å². The molecule has 2 unspecified atom stereocenters. The molecular weight excluding hydrogens is 379 g/mol. The van der Waals surface area contributed by atoms with E-state index < -0.39 is 17.8 Å². The third kappa shape index (κ3) is 3.46. The Morgan fingerprint density at radius 1 is 1.32 bits per heavy atom. The highest BCUT2D eigenvalue weighted by Gasteiger charge is 2.45. The maximum Gasteiger partial charge on any atom is 0.409 e. The van der Waals surface area contributed by atoms with Gasteiger partial charge in [0.05, 0.1) is 32.0 Å². The number of rotatable bonds is 3. The van der Waals surface area contributed by atoms with Crippen molar-refractivity contribution < 1.29 is 22.3 Å². The summed E-state index contributed by atoms with van der Waals surface area (Å²) >= 11 is 0. The number of morpholine rings is 1. The van der Waals surface area contributed by atoms with E-state index in [9.17, 15) is 18.0 Å². The Labute approximate surface area is 158 Å². The van der Waals surface area contributed by atoms with Gasteiger partial charge in [-0.25, -0.2) is 4.98 Å². The lowest BCUT2D eigenvalue weighted by atomic mass is 10.1. The van der Waals surface area contributed by atoms with Gasteiger partial charge in [-0.2, -0.15) is 18.2 Å². The molecule has 2 atom stereocenters. The molecule has 11 heteroatoms. The molecular formula is C17H20F3N5O3. The quantitative estimate of drug-likeness (QED) is 0.781. The average molecular weight is 399 g/mol. The molecule has 4 heterocycles. The summed E-state index contributed by atoms with van der Waals surface area (Å²) < 4.78 is 52.0. The number of ether oxygens (including phenoxy) is 1. The highest BCUT2D eigenvalue weighted by atomic mass is 19.4. The van der Waals surface area contributed by atoms with Crippen molar-refractivity contribution in [3.8, 4) is 0 Å². The van der Waals surface area contributed by atoms with Crippen LogP contribution in [0.25, 0.3) is 0 Å². The van der Waals surface area contributed by atoms with E-state index >= 15 is 0 Å². The number of nitrogens with zero attached hydrogens (tertiary/aromatic N) is 5. The highest BCUT2D eigenvalue weighted by Crippen LogP contribution is 2.38. The first kappa shape index (κ1) is 18.8. The van der Waals surface area contributed by atoms with Crippen LogP contribution in [0.5, 0.6) is 0 Å². The summed E-state index contributed by atoms with van der Waals surface area (Å²) in [5, 5.41) is 0. The zero-order chi connectivity index (χ0) is 19.9. The molecule has 0 aliphatic carbocycles. The fraction of sp³-hybridized carbons (Fsp3) is 0.588. The topological polar surface area (TPSA) is 76.6 Å². The Morgan fingerprint density at radius 2 is 2.14 bits per heavy atom. The van der Waals surface area contributed by atoms with E-state index in [1.807, 2.05) is 11.8 Å². The van der Waals surface area contributed by atoms with Crippen molar-refractivity contribution in [3.05, 3.63) is 34.8 Å². The van der Waals surface area contributed by atoms with Gasteiger partial charge in [-0.1, -0.05) is 0 Å². The molecule has 0 bridgehead atoms. The summed E-state index contributed by atoms with van der Waals surface area (Å²) in [5.74, 6) is 0.833. The fourth-order valence-corrected chi connectivity index (χ4v) is 3.67. The van der Waals surface area contributed by atoms with E-state index in [-0.39, 0.29) is 31.5 Å². The van der Waals surface area contributed by atoms with Crippen LogP contribution in [0.3, 0.4) is 0 Å². The number of anilines is 2. The van der Waals surface area contributed by atoms with Gasteiger partial charge in [0, 0.05) is 19.2 Å². The molecule has 0 spiro atoms. The summed E-state index contributed by atoms with van der Waals surface area (Å²) in [6.45, 7) is 3.65. The molecule has 2 aromatic heterocycles. The van der Waals surface area contributed by atoms with E-state index in [1.54, 1.807) is 4.90 Å². The predicted octanol–water partition coefficient (Wildman–Crippen LogP) is 1.97. The van der Waals surface area contributed by atoms with Crippen molar-refractivity contribution in [2.75, 3.05) is 36.1 Å². The van der Waals surface area contributed by atoms with Crippen LogP contribution in [0, 0.1) is 0 Å². The maximum atomic E-state index is 13.6. The summed E-state index contributed by atoms with van der Waals surface area (Å²) in [6, 6.07) is -0.750. The Balaban J connectivity index is 1.78. The molecule has 0 aromatic carbocycles. The number of oxazole rings is 1. The second-order valence-corrected chi connectivity index (χ2v) is 6.98. The molecule has 0 N–H and O–H groups in total. The number of hydrogen-bond donors (Lipinski definition) is 0. The Kier molecular flexibility index (Phi) is 4.77. The van der Waals surface area contributed by atoms with Gasteiger partial charge in [0.25, 0.3) is 5.56 Å². The third-order valence-electron chi connectivity index (χ3n) is 5.06. The monoisotopic (exact) mass is 399 g/mol. The van der Waals surface area contributed by atoms with E-state index in [2.05, 4.69) is 9.97 Å². The van der Waals surface area contributed by atoms with Crippen LogP contribution >= 0.6 is 0 Å². The molecule has 1 saturated heterocycles. The van der Waals surface area contributed by atoms with Crippen LogP contribution < -0.4 is 15.4 Å². The summed E-state index contributed by atoms with van der Waals surface area (Å²) in [7, 11) is 0. The molecule has 2 aliphatic heterocycles. The third-order valence-corrected chi connectivity index (χ3v) is 5.06. The number of alkyl halides is 3.